The average molecular weight is 280 g/mol. The number of benzene rings is 1. The zero-order chi connectivity index (χ0) is 14.0. The summed E-state index contributed by atoms with van der Waals surface area (Å²) in [5.74, 6) is 2.50. The number of halogens is 1. The second-order valence-electron chi connectivity index (χ2n) is 4.66. The van der Waals surface area contributed by atoms with Gasteiger partial charge >= 0.3 is 0 Å². The molecule has 0 aliphatic rings. The molecule has 2 aromatic rings. The SMILES string of the molecule is Cc1cc(Cl)cc(C)c1OCc1cc(CN)oc1C. The van der Waals surface area contributed by atoms with Gasteiger partial charge in [0.2, 0.25) is 0 Å². The fourth-order valence-electron chi connectivity index (χ4n) is 2.11. The minimum absolute atomic E-state index is 0.403. The number of rotatable bonds is 4. The van der Waals surface area contributed by atoms with Crippen LogP contribution in [0.3, 0.4) is 0 Å². The molecule has 2 N–H and O–H groups in total. The number of aryl methyl sites for hydroxylation is 3. The standard InChI is InChI=1S/C15H18ClNO2/c1-9-4-13(16)5-10(2)15(9)18-8-12-6-14(7-17)19-11(12)3/h4-6H,7-8,17H2,1-3H3. The molecule has 0 amide bonds. The molecule has 0 saturated heterocycles. The first-order valence-electron chi connectivity index (χ1n) is 6.19. The third-order valence-electron chi connectivity index (χ3n) is 3.07. The predicted molar refractivity (Wildman–Crippen MR) is 76.6 cm³/mol. The van der Waals surface area contributed by atoms with E-state index in [-0.39, 0.29) is 0 Å². The van der Waals surface area contributed by atoms with Crippen molar-refractivity contribution < 1.29 is 9.15 Å². The molecule has 2 rings (SSSR count). The molecule has 3 nitrogen and oxygen atoms in total. The van der Waals surface area contributed by atoms with Crippen LogP contribution in [0.25, 0.3) is 0 Å². The molecule has 19 heavy (non-hydrogen) atoms. The number of ether oxygens (including phenoxy) is 1. The van der Waals surface area contributed by atoms with Crippen molar-refractivity contribution in [3.05, 3.63) is 51.4 Å². The first-order valence-corrected chi connectivity index (χ1v) is 6.57. The van der Waals surface area contributed by atoms with E-state index in [0.717, 1.165) is 39.0 Å². The molecule has 1 heterocycles. The first kappa shape index (κ1) is 14.0. The van der Waals surface area contributed by atoms with Gasteiger partial charge < -0.3 is 14.9 Å². The minimum Gasteiger partial charge on any atom is -0.488 e. The van der Waals surface area contributed by atoms with Crippen LogP contribution in [0.5, 0.6) is 5.75 Å². The highest BCUT2D eigenvalue weighted by atomic mass is 35.5. The van der Waals surface area contributed by atoms with Gasteiger partial charge in [-0.25, -0.2) is 0 Å². The third-order valence-corrected chi connectivity index (χ3v) is 3.29. The topological polar surface area (TPSA) is 48.4 Å². The second kappa shape index (κ2) is 5.68. The highest BCUT2D eigenvalue weighted by Gasteiger charge is 2.10. The summed E-state index contributed by atoms with van der Waals surface area (Å²) in [6.07, 6.45) is 0. The van der Waals surface area contributed by atoms with Crippen molar-refractivity contribution in [1.29, 1.82) is 0 Å². The van der Waals surface area contributed by atoms with Crippen LogP contribution in [0, 0.1) is 20.8 Å². The Balaban J connectivity index is 2.16. The van der Waals surface area contributed by atoms with Crippen LogP contribution in [-0.2, 0) is 13.2 Å². The zero-order valence-corrected chi connectivity index (χ0v) is 12.2. The maximum absolute atomic E-state index is 6.00. The van der Waals surface area contributed by atoms with Gasteiger partial charge in [0.1, 0.15) is 23.9 Å². The van der Waals surface area contributed by atoms with Gasteiger partial charge in [0.05, 0.1) is 6.54 Å². The Kier molecular flexibility index (Phi) is 4.17. The summed E-state index contributed by atoms with van der Waals surface area (Å²) in [4.78, 5) is 0. The van der Waals surface area contributed by atoms with E-state index in [1.807, 2.05) is 39.0 Å². The van der Waals surface area contributed by atoms with Crippen molar-refractivity contribution >= 4 is 11.6 Å². The summed E-state index contributed by atoms with van der Waals surface area (Å²) < 4.78 is 11.4. The Hall–Kier alpha value is -1.45. The van der Waals surface area contributed by atoms with E-state index < -0.39 is 0 Å². The molecule has 0 aliphatic heterocycles. The van der Waals surface area contributed by atoms with E-state index in [0.29, 0.717) is 13.2 Å². The quantitative estimate of drug-likeness (QED) is 0.923. The van der Waals surface area contributed by atoms with E-state index in [1.165, 1.54) is 0 Å². The molecular formula is C15H18ClNO2. The van der Waals surface area contributed by atoms with E-state index in [9.17, 15) is 0 Å². The zero-order valence-electron chi connectivity index (χ0n) is 11.4. The highest BCUT2D eigenvalue weighted by molar-refractivity contribution is 6.30. The normalized spacial score (nSPS) is 10.8. The number of nitrogens with two attached hydrogens (primary N) is 1. The van der Waals surface area contributed by atoms with Gasteiger partial charge in [-0.3, -0.25) is 0 Å². The van der Waals surface area contributed by atoms with Crippen LogP contribution >= 0.6 is 11.6 Å². The Morgan fingerprint density at radius 3 is 2.32 bits per heavy atom. The Labute approximate surface area is 118 Å². The van der Waals surface area contributed by atoms with Gasteiger partial charge in [0.15, 0.2) is 0 Å². The molecule has 0 aliphatic carbocycles. The maximum Gasteiger partial charge on any atom is 0.125 e. The maximum atomic E-state index is 6.00. The van der Waals surface area contributed by atoms with Gasteiger partial charge in [-0.1, -0.05) is 11.6 Å². The summed E-state index contributed by atoms with van der Waals surface area (Å²) in [6, 6.07) is 5.74. The van der Waals surface area contributed by atoms with Crippen molar-refractivity contribution in [3.63, 3.8) is 0 Å². The molecule has 0 saturated carbocycles. The molecule has 0 fully saturated rings. The molecular weight excluding hydrogens is 262 g/mol. The summed E-state index contributed by atoms with van der Waals surface area (Å²) in [5, 5.41) is 0.729. The lowest BCUT2D eigenvalue weighted by molar-refractivity contribution is 0.299. The van der Waals surface area contributed by atoms with E-state index in [1.54, 1.807) is 0 Å². The van der Waals surface area contributed by atoms with Gasteiger partial charge in [-0.05, 0) is 50.1 Å². The predicted octanol–water partition coefficient (Wildman–Crippen LogP) is 3.90. The first-order chi connectivity index (χ1) is 9.01. The van der Waals surface area contributed by atoms with Gasteiger partial charge in [-0.2, -0.15) is 0 Å². The summed E-state index contributed by atoms with van der Waals surface area (Å²) in [5.41, 5.74) is 8.64. The monoisotopic (exact) mass is 279 g/mol. The fourth-order valence-corrected chi connectivity index (χ4v) is 2.43. The molecule has 0 bridgehead atoms. The van der Waals surface area contributed by atoms with Crippen molar-refractivity contribution in [2.24, 2.45) is 5.73 Å². The van der Waals surface area contributed by atoms with E-state index >= 15 is 0 Å². The van der Waals surface area contributed by atoms with Gasteiger partial charge in [0.25, 0.3) is 0 Å². The molecule has 0 spiro atoms. The Morgan fingerprint density at radius 2 is 1.79 bits per heavy atom. The van der Waals surface area contributed by atoms with Crippen LogP contribution in [-0.4, -0.2) is 0 Å². The van der Waals surface area contributed by atoms with E-state index in [2.05, 4.69) is 0 Å². The van der Waals surface area contributed by atoms with Gasteiger partial charge in [0, 0.05) is 10.6 Å². The second-order valence-corrected chi connectivity index (χ2v) is 5.09. The summed E-state index contributed by atoms with van der Waals surface area (Å²) >= 11 is 6.00. The number of hydrogen-bond acceptors (Lipinski definition) is 3. The number of furan rings is 1. The molecule has 0 radical (unpaired) electrons. The Bertz CT molecular complexity index is 567. The lowest BCUT2D eigenvalue weighted by Crippen LogP contribution is -1.99. The van der Waals surface area contributed by atoms with Crippen molar-refractivity contribution in [2.45, 2.75) is 33.9 Å². The Morgan fingerprint density at radius 1 is 1.16 bits per heavy atom. The molecule has 0 unspecified atom stereocenters. The van der Waals surface area contributed by atoms with Crippen LogP contribution in [0.1, 0.15) is 28.2 Å². The fraction of sp³-hybridized carbons (Fsp3) is 0.333. The van der Waals surface area contributed by atoms with Gasteiger partial charge in [-0.15, -0.1) is 0 Å². The molecule has 1 aromatic carbocycles. The molecule has 4 heteroatoms. The van der Waals surface area contributed by atoms with Crippen LogP contribution in [0.4, 0.5) is 0 Å². The highest BCUT2D eigenvalue weighted by Crippen LogP contribution is 2.28. The van der Waals surface area contributed by atoms with Crippen LogP contribution in [0.2, 0.25) is 5.02 Å². The van der Waals surface area contributed by atoms with E-state index in [4.69, 9.17) is 26.5 Å². The van der Waals surface area contributed by atoms with Crippen molar-refractivity contribution in [2.75, 3.05) is 0 Å². The molecule has 102 valence electrons. The third kappa shape index (κ3) is 3.11. The molecule has 1 aromatic heterocycles. The summed E-state index contributed by atoms with van der Waals surface area (Å²) in [7, 11) is 0. The lowest BCUT2D eigenvalue weighted by atomic mass is 10.1. The lowest BCUT2D eigenvalue weighted by Gasteiger charge is -2.12. The van der Waals surface area contributed by atoms with Crippen molar-refractivity contribution in [3.8, 4) is 5.75 Å². The molecule has 0 atom stereocenters. The largest absolute Gasteiger partial charge is 0.488 e. The summed E-state index contributed by atoms with van der Waals surface area (Å²) in [6.45, 7) is 6.77. The number of hydrogen-bond donors (Lipinski definition) is 1. The average Bonchev–Trinajstić information content (AvgIpc) is 2.69. The van der Waals surface area contributed by atoms with Crippen molar-refractivity contribution in [1.82, 2.24) is 0 Å². The van der Waals surface area contributed by atoms with Crippen LogP contribution < -0.4 is 10.5 Å². The smallest absolute Gasteiger partial charge is 0.125 e. The van der Waals surface area contributed by atoms with Crippen LogP contribution in [0.15, 0.2) is 22.6 Å². The minimum atomic E-state index is 0.403.